The molecule has 0 atom stereocenters. The third-order valence-corrected chi connectivity index (χ3v) is 8.33. The molecule has 1 fully saturated rings. The molecular weight excluding hydrogens is 538 g/mol. The van der Waals surface area contributed by atoms with Gasteiger partial charge < -0.3 is 19.7 Å². The molecule has 1 saturated heterocycles. The highest BCUT2D eigenvalue weighted by molar-refractivity contribution is 5.81. The fraction of sp³-hybridized carbons (Fsp3) is 0.457. The predicted molar refractivity (Wildman–Crippen MR) is 171 cm³/mol. The summed E-state index contributed by atoms with van der Waals surface area (Å²) in [4.78, 5) is 19.5. The van der Waals surface area contributed by atoms with E-state index in [0.29, 0.717) is 17.9 Å². The maximum Gasteiger partial charge on any atom is 0.317 e. The quantitative estimate of drug-likeness (QED) is 0.156. The number of anilines is 1. The third kappa shape index (κ3) is 7.61. The van der Waals surface area contributed by atoms with Crippen molar-refractivity contribution < 1.29 is 14.3 Å². The molecule has 0 spiro atoms. The van der Waals surface area contributed by atoms with Crippen LogP contribution in [0.3, 0.4) is 0 Å². The van der Waals surface area contributed by atoms with E-state index >= 15 is 0 Å². The summed E-state index contributed by atoms with van der Waals surface area (Å²) in [5.41, 5.74) is 5.46. The second-order valence-electron chi connectivity index (χ2n) is 12.2. The SMILES string of the molecule is CCOC(=O)C(C)(C)c1cn2nc(NCCCN3CCC(OC(c4ccc(C)cc4)c4ccc(C)cc4)CC3)ccc2n1. The first-order valence-electron chi connectivity index (χ1n) is 15.5. The summed E-state index contributed by atoms with van der Waals surface area (Å²) in [6.45, 7) is 14.0. The molecular formula is C35H45N5O3. The minimum absolute atomic E-state index is 0.0467. The molecule has 8 nitrogen and oxygen atoms in total. The molecule has 2 aromatic carbocycles. The molecule has 1 N–H and O–H groups in total. The maximum absolute atomic E-state index is 12.4. The molecule has 0 saturated carbocycles. The standard InChI is InChI=1S/C35H45N5O3/c1-6-42-34(41)35(4,5)30-24-40-32(37-30)17-16-31(38-40)36-20-7-21-39-22-18-29(19-23-39)43-33(27-12-8-25(2)9-13-27)28-14-10-26(3)11-15-28/h8-17,24,29,33H,6-7,18-23H2,1-5H3,(H,36,38). The smallest absolute Gasteiger partial charge is 0.317 e. The van der Waals surface area contributed by atoms with Gasteiger partial charge in [-0.25, -0.2) is 9.50 Å². The van der Waals surface area contributed by atoms with Crippen LogP contribution in [0.15, 0.2) is 66.9 Å². The number of fused-ring (bicyclic) bond motifs is 1. The average Bonchev–Trinajstić information content (AvgIpc) is 3.45. The summed E-state index contributed by atoms with van der Waals surface area (Å²) in [7, 11) is 0. The third-order valence-electron chi connectivity index (χ3n) is 8.33. The van der Waals surface area contributed by atoms with E-state index in [4.69, 9.17) is 9.47 Å². The Balaban J connectivity index is 1.09. The monoisotopic (exact) mass is 583 g/mol. The molecule has 0 amide bonds. The molecule has 0 bridgehead atoms. The second-order valence-corrected chi connectivity index (χ2v) is 12.2. The van der Waals surface area contributed by atoms with Gasteiger partial charge >= 0.3 is 5.97 Å². The van der Waals surface area contributed by atoms with E-state index in [1.54, 1.807) is 4.52 Å². The van der Waals surface area contributed by atoms with E-state index in [-0.39, 0.29) is 18.2 Å². The lowest BCUT2D eigenvalue weighted by Crippen LogP contribution is -2.38. The fourth-order valence-electron chi connectivity index (χ4n) is 5.51. The van der Waals surface area contributed by atoms with Gasteiger partial charge in [0.25, 0.3) is 0 Å². The number of carbonyl (C=O) groups excluding carboxylic acids is 1. The van der Waals surface area contributed by atoms with Crippen LogP contribution in [-0.2, 0) is 19.7 Å². The molecule has 3 heterocycles. The lowest BCUT2D eigenvalue weighted by Gasteiger charge is -2.34. The van der Waals surface area contributed by atoms with Crippen LogP contribution < -0.4 is 5.32 Å². The van der Waals surface area contributed by atoms with E-state index in [1.165, 1.54) is 22.3 Å². The molecule has 8 heteroatoms. The van der Waals surface area contributed by atoms with Crippen molar-refractivity contribution in [2.75, 3.05) is 38.1 Å². The van der Waals surface area contributed by atoms with Crippen molar-refractivity contribution in [3.8, 4) is 0 Å². The summed E-state index contributed by atoms with van der Waals surface area (Å²) in [5.74, 6) is 0.500. The topological polar surface area (TPSA) is 81.0 Å². The lowest BCUT2D eigenvalue weighted by atomic mass is 9.90. The van der Waals surface area contributed by atoms with Crippen LogP contribution in [0.25, 0.3) is 5.65 Å². The fourth-order valence-corrected chi connectivity index (χ4v) is 5.51. The Morgan fingerprint density at radius 3 is 2.21 bits per heavy atom. The van der Waals surface area contributed by atoms with Gasteiger partial charge in [0.15, 0.2) is 5.65 Å². The molecule has 0 aliphatic carbocycles. The lowest BCUT2D eigenvalue weighted by molar-refractivity contribution is -0.148. The number of nitrogens with one attached hydrogen (secondary N) is 1. The van der Waals surface area contributed by atoms with E-state index in [0.717, 1.165) is 51.3 Å². The van der Waals surface area contributed by atoms with Gasteiger partial charge in [-0.05, 0) is 83.7 Å². The van der Waals surface area contributed by atoms with Crippen LogP contribution in [0.1, 0.15) is 74.1 Å². The van der Waals surface area contributed by atoms with Crippen LogP contribution in [0.5, 0.6) is 0 Å². The van der Waals surface area contributed by atoms with Gasteiger partial charge in [-0.2, -0.15) is 0 Å². The summed E-state index contributed by atoms with van der Waals surface area (Å²) < 4.78 is 13.7. The van der Waals surface area contributed by atoms with Crippen LogP contribution in [0, 0.1) is 13.8 Å². The van der Waals surface area contributed by atoms with Crippen molar-refractivity contribution >= 4 is 17.4 Å². The second kappa shape index (κ2) is 13.7. The van der Waals surface area contributed by atoms with Crippen molar-refractivity contribution in [2.45, 2.75) is 71.5 Å². The number of nitrogens with zero attached hydrogens (tertiary/aromatic N) is 4. The van der Waals surface area contributed by atoms with Crippen LogP contribution in [0.4, 0.5) is 5.82 Å². The van der Waals surface area contributed by atoms with Crippen molar-refractivity contribution in [1.29, 1.82) is 0 Å². The van der Waals surface area contributed by atoms with Crippen molar-refractivity contribution in [2.24, 2.45) is 0 Å². The Morgan fingerprint density at radius 2 is 1.60 bits per heavy atom. The van der Waals surface area contributed by atoms with Gasteiger partial charge in [-0.1, -0.05) is 59.7 Å². The Kier molecular flexibility index (Phi) is 9.78. The van der Waals surface area contributed by atoms with E-state index in [2.05, 4.69) is 82.7 Å². The number of benzene rings is 2. The first-order valence-corrected chi connectivity index (χ1v) is 15.5. The number of carbonyl (C=O) groups is 1. The Morgan fingerprint density at radius 1 is 0.977 bits per heavy atom. The van der Waals surface area contributed by atoms with Gasteiger partial charge in [0.1, 0.15) is 17.3 Å². The molecule has 5 rings (SSSR count). The van der Waals surface area contributed by atoms with Gasteiger partial charge in [0.05, 0.1) is 24.6 Å². The summed E-state index contributed by atoms with van der Waals surface area (Å²) in [5, 5.41) is 8.10. The van der Waals surface area contributed by atoms with Gasteiger partial charge in [-0.15, -0.1) is 5.10 Å². The van der Waals surface area contributed by atoms with Gasteiger partial charge in [0.2, 0.25) is 0 Å². The number of aromatic nitrogens is 3. The van der Waals surface area contributed by atoms with Gasteiger partial charge in [-0.3, -0.25) is 4.79 Å². The van der Waals surface area contributed by atoms with E-state index in [1.807, 2.05) is 39.1 Å². The number of rotatable bonds is 12. The zero-order valence-corrected chi connectivity index (χ0v) is 26.2. The molecule has 43 heavy (non-hydrogen) atoms. The number of imidazole rings is 1. The van der Waals surface area contributed by atoms with Crippen molar-refractivity contribution in [3.63, 3.8) is 0 Å². The minimum Gasteiger partial charge on any atom is -0.465 e. The number of hydrogen-bond acceptors (Lipinski definition) is 7. The first-order chi connectivity index (χ1) is 20.7. The predicted octanol–water partition coefficient (Wildman–Crippen LogP) is 6.26. The molecule has 0 radical (unpaired) electrons. The maximum atomic E-state index is 12.4. The first kappa shape index (κ1) is 30.7. The Hall–Kier alpha value is -3.75. The zero-order valence-electron chi connectivity index (χ0n) is 26.2. The molecule has 2 aromatic heterocycles. The van der Waals surface area contributed by atoms with E-state index in [9.17, 15) is 4.79 Å². The molecule has 1 aliphatic rings. The van der Waals surface area contributed by atoms with Crippen LogP contribution >= 0.6 is 0 Å². The molecule has 0 unspecified atom stereocenters. The zero-order chi connectivity index (χ0) is 30.4. The number of ether oxygens (including phenoxy) is 2. The van der Waals surface area contributed by atoms with E-state index < -0.39 is 5.41 Å². The summed E-state index contributed by atoms with van der Waals surface area (Å²) >= 11 is 0. The number of likely N-dealkylation sites (tertiary alicyclic amines) is 1. The number of piperidine rings is 1. The highest BCUT2D eigenvalue weighted by Crippen LogP contribution is 2.31. The number of hydrogen-bond donors (Lipinski definition) is 1. The number of esters is 1. The normalized spacial score (nSPS) is 14.8. The van der Waals surface area contributed by atoms with Crippen LogP contribution in [-0.4, -0.2) is 64.4 Å². The van der Waals surface area contributed by atoms with Crippen LogP contribution in [0.2, 0.25) is 0 Å². The molecule has 228 valence electrons. The highest BCUT2D eigenvalue weighted by Gasteiger charge is 2.34. The van der Waals surface area contributed by atoms with Crippen molar-refractivity contribution in [1.82, 2.24) is 19.5 Å². The highest BCUT2D eigenvalue weighted by atomic mass is 16.5. The Bertz CT molecular complexity index is 1440. The summed E-state index contributed by atoms with van der Waals surface area (Å²) in [6.07, 6.45) is 5.09. The largest absolute Gasteiger partial charge is 0.465 e. The molecule has 4 aromatic rings. The molecule has 1 aliphatic heterocycles. The Labute approximate surface area is 255 Å². The average molecular weight is 584 g/mol. The summed E-state index contributed by atoms with van der Waals surface area (Å²) in [6, 6.07) is 21.3. The number of aryl methyl sites for hydroxylation is 2. The minimum atomic E-state index is -0.835. The van der Waals surface area contributed by atoms with Crippen molar-refractivity contribution in [3.05, 3.63) is 94.8 Å². The van der Waals surface area contributed by atoms with Gasteiger partial charge in [0, 0.05) is 19.6 Å².